The van der Waals surface area contributed by atoms with Gasteiger partial charge in [-0.15, -0.1) is 0 Å². The Balaban J connectivity index is 1.72. The first-order chi connectivity index (χ1) is 11.6. The molecule has 0 bridgehead atoms. The molecule has 3 rings (SSSR count). The SMILES string of the molecule is O=C(NCc1ccnc(-c2cccnc2)c1)c1ccc(F)cc1Cl. The van der Waals surface area contributed by atoms with Crippen molar-refractivity contribution in [3.05, 3.63) is 83.0 Å². The number of hydrogen-bond acceptors (Lipinski definition) is 3. The van der Waals surface area contributed by atoms with Crippen molar-refractivity contribution in [3.63, 3.8) is 0 Å². The second-order valence-corrected chi connectivity index (χ2v) is 5.51. The summed E-state index contributed by atoms with van der Waals surface area (Å²) in [7, 11) is 0. The molecule has 24 heavy (non-hydrogen) atoms. The number of rotatable bonds is 4. The highest BCUT2D eigenvalue weighted by atomic mass is 35.5. The van der Waals surface area contributed by atoms with Crippen LogP contribution < -0.4 is 5.32 Å². The zero-order valence-corrected chi connectivity index (χ0v) is 13.3. The van der Waals surface area contributed by atoms with Gasteiger partial charge in [0.1, 0.15) is 5.82 Å². The van der Waals surface area contributed by atoms with Crippen molar-refractivity contribution in [1.29, 1.82) is 0 Å². The van der Waals surface area contributed by atoms with E-state index in [1.807, 2.05) is 24.3 Å². The van der Waals surface area contributed by atoms with Gasteiger partial charge in [-0.3, -0.25) is 14.8 Å². The van der Waals surface area contributed by atoms with E-state index < -0.39 is 5.82 Å². The Labute approximate surface area is 143 Å². The van der Waals surface area contributed by atoms with E-state index in [0.717, 1.165) is 22.9 Å². The van der Waals surface area contributed by atoms with Gasteiger partial charge in [0.15, 0.2) is 0 Å². The topological polar surface area (TPSA) is 54.9 Å². The lowest BCUT2D eigenvalue weighted by Crippen LogP contribution is -2.23. The molecule has 2 aromatic heterocycles. The molecule has 0 aliphatic rings. The van der Waals surface area contributed by atoms with Gasteiger partial charge < -0.3 is 5.32 Å². The van der Waals surface area contributed by atoms with Crippen LogP contribution in [0.4, 0.5) is 4.39 Å². The molecule has 0 aliphatic carbocycles. The summed E-state index contributed by atoms with van der Waals surface area (Å²) in [5.74, 6) is -0.841. The number of benzene rings is 1. The first-order valence-electron chi connectivity index (χ1n) is 7.22. The molecule has 1 amide bonds. The lowest BCUT2D eigenvalue weighted by atomic mass is 10.1. The number of hydrogen-bond donors (Lipinski definition) is 1. The summed E-state index contributed by atoms with van der Waals surface area (Å²) < 4.78 is 13.0. The number of carbonyl (C=O) groups excluding carboxylic acids is 1. The maximum Gasteiger partial charge on any atom is 0.253 e. The van der Waals surface area contributed by atoms with Gasteiger partial charge in [0.2, 0.25) is 0 Å². The Morgan fingerprint density at radius 2 is 2.04 bits per heavy atom. The third-order valence-corrected chi connectivity index (χ3v) is 3.72. The Morgan fingerprint density at radius 3 is 2.79 bits per heavy atom. The van der Waals surface area contributed by atoms with Gasteiger partial charge in [0, 0.05) is 30.7 Å². The smallest absolute Gasteiger partial charge is 0.253 e. The predicted octanol–water partition coefficient (Wildman–Crippen LogP) is 3.87. The fraction of sp³-hybridized carbons (Fsp3) is 0.0556. The van der Waals surface area contributed by atoms with Gasteiger partial charge in [-0.2, -0.15) is 0 Å². The Bertz CT molecular complexity index is 871. The fourth-order valence-electron chi connectivity index (χ4n) is 2.21. The molecular weight excluding hydrogens is 329 g/mol. The van der Waals surface area contributed by atoms with E-state index in [1.165, 1.54) is 12.1 Å². The van der Waals surface area contributed by atoms with Crippen LogP contribution in [0, 0.1) is 5.82 Å². The number of nitrogens with zero attached hydrogens (tertiary/aromatic N) is 2. The standard InChI is InChI=1S/C18H13ClFN3O/c19-16-9-14(20)3-4-15(16)18(24)23-10-12-5-7-22-17(8-12)13-2-1-6-21-11-13/h1-9,11H,10H2,(H,23,24). The molecule has 2 heterocycles. The summed E-state index contributed by atoms with van der Waals surface area (Å²) in [5, 5.41) is 2.85. The Morgan fingerprint density at radius 1 is 1.17 bits per heavy atom. The van der Waals surface area contributed by atoms with E-state index in [2.05, 4.69) is 15.3 Å². The van der Waals surface area contributed by atoms with Crippen LogP contribution in [-0.2, 0) is 6.54 Å². The molecule has 120 valence electrons. The monoisotopic (exact) mass is 341 g/mol. The van der Waals surface area contributed by atoms with E-state index in [0.29, 0.717) is 6.54 Å². The van der Waals surface area contributed by atoms with Crippen molar-refractivity contribution in [2.75, 3.05) is 0 Å². The highest BCUT2D eigenvalue weighted by Gasteiger charge is 2.11. The van der Waals surface area contributed by atoms with E-state index in [9.17, 15) is 9.18 Å². The van der Waals surface area contributed by atoms with Crippen molar-refractivity contribution in [3.8, 4) is 11.3 Å². The van der Waals surface area contributed by atoms with Gasteiger partial charge >= 0.3 is 0 Å². The second kappa shape index (κ2) is 7.19. The first kappa shape index (κ1) is 16.1. The second-order valence-electron chi connectivity index (χ2n) is 5.10. The molecule has 1 N–H and O–H groups in total. The van der Waals surface area contributed by atoms with E-state index in [4.69, 9.17) is 11.6 Å². The third-order valence-electron chi connectivity index (χ3n) is 3.41. The number of halogens is 2. The van der Waals surface area contributed by atoms with Crippen LogP contribution in [0.5, 0.6) is 0 Å². The van der Waals surface area contributed by atoms with Crippen LogP contribution in [-0.4, -0.2) is 15.9 Å². The van der Waals surface area contributed by atoms with E-state index >= 15 is 0 Å². The molecule has 0 radical (unpaired) electrons. The number of amides is 1. The summed E-state index contributed by atoms with van der Waals surface area (Å²) in [5.41, 5.74) is 2.79. The van der Waals surface area contributed by atoms with Crippen LogP contribution in [0.1, 0.15) is 15.9 Å². The maximum atomic E-state index is 13.0. The zero-order valence-electron chi connectivity index (χ0n) is 12.5. The minimum absolute atomic E-state index is 0.0817. The van der Waals surface area contributed by atoms with Crippen molar-refractivity contribution < 1.29 is 9.18 Å². The van der Waals surface area contributed by atoms with Gasteiger partial charge in [-0.05, 0) is 48.0 Å². The van der Waals surface area contributed by atoms with Crippen LogP contribution in [0.25, 0.3) is 11.3 Å². The molecule has 4 nitrogen and oxygen atoms in total. The van der Waals surface area contributed by atoms with Crippen LogP contribution in [0.3, 0.4) is 0 Å². The molecule has 0 atom stereocenters. The van der Waals surface area contributed by atoms with Crippen LogP contribution >= 0.6 is 11.6 Å². The average molecular weight is 342 g/mol. The molecule has 0 fully saturated rings. The average Bonchev–Trinajstić information content (AvgIpc) is 2.61. The van der Waals surface area contributed by atoms with Crippen molar-refractivity contribution in [1.82, 2.24) is 15.3 Å². The molecule has 0 saturated carbocycles. The summed E-state index contributed by atoms with van der Waals surface area (Å²) in [6.07, 6.45) is 5.09. The lowest BCUT2D eigenvalue weighted by molar-refractivity contribution is 0.0951. The molecule has 0 spiro atoms. The highest BCUT2D eigenvalue weighted by molar-refractivity contribution is 6.33. The Kier molecular flexibility index (Phi) is 4.82. The molecule has 0 aliphatic heterocycles. The summed E-state index contributed by atoms with van der Waals surface area (Å²) in [4.78, 5) is 20.5. The zero-order chi connectivity index (χ0) is 16.9. The van der Waals surface area contributed by atoms with Gasteiger partial charge in [0.25, 0.3) is 5.91 Å². The summed E-state index contributed by atoms with van der Waals surface area (Å²) >= 11 is 5.89. The summed E-state index contributed by atoms with van der Waals surface area (Å²) in [6.45, 7) is 0.308. The molecular formula is C18H13ClFN3O. The van der Waals surface area contributed by atoms with Gasteiger partial charge in [-0.1, -0.05) is 11.6 Å². The van der Waals surface area contributed by atoms with Crippen LogP contribution in [0.15, 0.2) is 61.1 Å². The number of pyridine rings is 2. The minimum Gasteiger partial charge on any atom is -0.348 e. The maximum absolute atomic E-state index is 13.0. The quantitative estimate of drug-likeness (QED) is 0.783. The molecule has 0 saturated heterocycles. The van der Waals surface area contributed by atoms with Gasteiger partial charge in [-0.25, -0.2) is 4.39 Å². The Hall–Kier alpha value is -2.79. The van der Waals surface area contributed by atoms with Crippen molar-refractivity contribution in [2.45, 2.75) is 6.54 Å². The third kappa shape index (κ3) is 3.75. The van der Waals surface area contributed by atoms with Crippen molar-refractivity contribution in [2.24, 2.45) is 0 Å². The molecule has 6 heteroatoms. The number of carbonyl (C=O) groups is 1. The fourth-order valence-corrected chi connectivity index (χ4v) is 2.46. The molecule has 1 aromatic carbocycles. The highest BCUT2D eigenvalue weighted by Crippen LogP contribution is 2.18. The molecule has 0 unspecified atom stereocenters. The van der Waals surface area contributed by atoms with Crippen molar-refractivity contribution >= 4 is 17.5 Å². The predicted molar refractivity (Wildman–Crippen MR) is 90.0 cm³/mol. The normalized spacial score (nSPS) is 10.4. The lowest BCUT2D eigenvalue weighted by Gasteiger charge is -2.08. The number of nitrogens with one attached hydrogen (secondary N) is 1. The van der Waals surface area contributed by atoms with E-state index in [-0.39, 0.29) is 16.5 Å². The minimum atomic E-state index is -0.480. The molecule has 3 aromatic rings. The number of aromatic nitrogens is 2. The largest absolute Gasteiger partial charge is 0.348 e. The summed E-state index contributed by atoms with van der Waals surface area (Å²) in [6, 6.07) is 11.1. The van der Waals surface area contributed by atoms with E-state index in [1.54, 1.807) is 18.6 Å². The van der Waals surface area contributed by atoms with Crippen LogP contribution in [0.2, 0.25) is 5.02 Å². The first-order valence-corrected chi connectivity index (χ1v) is 7.60. The van der Waals surface area contributed by atoms with Gasteiger partial charge in [0.05, 0.1) is 16.3 Å².